The van der Waals surface area contributed by atoms with E-state index >= 15 is 0 Å². The Labute approximate surface area is 118 Å². The number of aromatic nitrogens is 1. The summed E-state index contributed by atoms with van der Waals surface area (Å²) in [6, 6.07) is 8.19. The second-order valence-electron chi connectivity index (χ2n) is 5.39. The molecule has 1 aromatic carbocycles. The minimum atomic E-state index is 0.127. The highest BCUT2D eigenvalue weighted by molar-refractivity contribution is 5.84. The van der Waals surface area contributed by atoms with Gasteiger partial charge in [0, 0.05) is 42.6 Å². The average Bonchev–Trinajstić information content (AvgIpc) is 3.12. The van der Waals surface area contributed by atoms with Crippen LogP contribution >= 0.6 is 0 Å². The molecule has 3 rings (SSSR count). The van der Waals surface area contributed by atoms with Gasteiger partial charge >= 0.3 is 0 Å². The second-order valence-corrected chi connectivity index (χ2v) is 5.39. The first kappa shape index (κ1) is 13.2. The third kappa shape index (κ3) is 3.02. The van der Waals surface area contributed by atoms with Gasteiger partial charge in [0.1, 0.15) is 0 Å². The summed E-state index contributed by atoms with van der Waals surface area (Å²) < 4.78 is 5.30. The van der Waals surface area contributed by atoms with Gasteiger partial charge in [0.05, 0.1) is 6.61 Å². The average molecular weight is 272 g/mol. The Kier molecular flexibility index (Phi) is 4.02. The van der Waals surface area contributed by atoms with Gasteiger partial charge in [-0.1, -0.05) is 18.2 Å². The van der Waals surface area contributed by atoms with Crippen LogP contribution in [0.2, 0.25) is 0 Å². The molecule has 4 heteroatoms. The number of carbonyl (C=O) groups is 1. The summed E-state index contributed by atoms with van der Waals surface area (Å²) in [6.07, 6.45) is 4.37. The quantitative estimate of drug-likeness (QED) is 0.877. The number of rotatable bonds is 5. The highest BCUT2D eigenvalue weighted by Gasteiger charge is 2.16. The fourth-order valence-corrected chi connectivity index (χ4v) is 2.68. The smallest absolute Gasteiger partial charge is 0.220 e. The number of aryl methyl sites for hydroxylation is 1. The molecular formula is C16H20N2O2. The van der Waals surface area contributed by atoms with Crippen molar-refractivity contribution in [3.8, 4) is 0 Å². The molecule has 0 saturated carbocycles. The molecule has 1 amide bonds. The molecule has 1 saturated heterocycles. The summed E-state index contributed by atoms with van der Waals surface area (Å²) >= 11 is 0. The maximum atomic E-state index is 11.9. The van der Waals surface area contributed by atoms with Crippen molar-refractivity contribution in [2.24, 2.45) is 5.92 Å². The van der Waals surface area contributed by atoms with E-state index in [1.807, 2.05) is 18.3 Å². The lowest BCUT2D eigenvalue weighted by Gasteiger charge is -2.09. The Bertz CT molecular complexity index is 585. The van der Waals surface area contributed by atoms with E-state index < -0.39 is 0 Å². The van der Waals surface area contributed by atoms with E-state index in [1.54, 1.807) is 0 Å². The summed E-state index contributed by atoms with van der Waals surface area (Å²) in [4.78, 5) is 15.1. The van der Waals surface area contributed by atoms with E-state index in [4.69, 9.17) is 4.74 Å². The van der Waals surface area contributed by atoms with Crippen LogP contribution in [0.15, 0.2) is 30.5 Å². The molecule has 1 aliphatic rings. The lowest BCUT2D eigenvalue weighted by molar-refractivity contribution is -0.121. The molecule has 0 spiro atoms. The first-order valence-corrected chi connectivity index (χ1v) is 7.22. The van der Waals surface area contributed by atoms with Gasteiger partial charge in [-0.2, -0.15) is 0 Å². The van der Waals surface area contributed by atoms with E-state index in [0.29, 0.717) is 12.3 Å². The highest BCUT2D eigenvalue weighted by atomic mass is 16.5. The number of aromatic amines is 1. The highest BCUT2D eigenvalue weighted by Crippen LogP contribution is 2.19. The number of fused-ring (bicyclic) bond motifs is 1. The maximum absolute atomic E-state index is 11.9. The predicted molar refractivity (Wildman–Crippen MR) is 78.6 cm³/mol. The number of benzene rings is 1. The summed E-state index contributed by atoms with van der Waals surface area (Å²) in [6.45, 7) is 2.35. The van der Waals surface area contributed by atoms with Crippen LogP contribution in [0.3, 0.4) is 0 Å². The van der Waals surface area contributed by atoms with Crippen LogP contribution in [0.5, 0.6) is 0 Å². The lowest BCUT2D eigenvalue weighted by atomic mass is 10.1. The van der Waals surface area contributed by atoms with Gasteiger partial charge in [-0.15, -0.1) is 0 Å². The minimum absolute atomic E-state index is 0.127. The van der Waals surface area contributed by atoms with Gasteiger partial charge in [-0.05, 0) is 24.5 Å². The van der Waals surface area contributed by atoms with Crippen molar-refractivity contribution in [3.05, 3.63) is 36.0 Å². The van der Waals surface area contributed by atoms with Gasteiger partial charge in [0.2, 0.25) is 5.91 Å². The molecule has 4 nitrogen and oxygen atoms in total. The van der Waals surface area contributed by atoms with Gasteiger partial charge < -0.3 is 15.0 Å². The zero-order valence-corrected chi connectivity index (χ0v) is 11.5. The summed E-state index contributed by atoms with van der Waals surface area (Å²) in [5.41, 5.74) is 2.34. The Morgan fingerprint density at radius 3 is 3.15 bits per heavy atom. The number of nitrogens with one attached hydrogen (secondary N) is 2. The summed E-state index contributed by atoms with van der Waals surface area (Å²) in [5.74, 6) is 0.620. The van der Waals surface area contributed by atoms with Crippen LogP contribution < -0.4 is 5.32 Å². The van der Waals surface area contributed by atoms with E-state index in [2.05, 4.69) is 22.4 Å². The molecule has 1 unspecified atom stereocenters. The molecule has 0 aliphatic carbocycles. The molecule has 1 aliphatic heterocycles. The Hall–Kier alpha value is -1.81. The molecule has 2 N–H and O–H groups in total. The first-order valence-electron chi connectivity index (χ1n) is 7.22. The molecule has 20 heavy (non-hydrogen) atoms. The normalized spacial score (nSPS) is 18.5. The fourth-order valence-electron chi connectivity index (χ4n) is 2.68. The van der Waals surface area contributed by atoms with Gasteiger partial charge in [0.15, 0.2) is 0 Å². The number of amides is 1. The number of hydrogen-bond donors (Lipinski definition) is 2. The second kappa shape index (κ2) is 6.09. The van der Waals surface area contributed by atoms with Crippen molar-refractivity contribution in [1.82, 2.24) is 10.3 Å². The van der Waals surface area contributed by atoms with Crippen LogP contribution in [-0.4, -0.2) is 30.6 Å². The molecule has 0 radical (unpaired) electrons. The first-order chi connectivity index (χ1) is 9.83. The third-order valence-electron chi connectivity index (χ3n) is 3.91. The number of ether oxygens (including phenoxy) is 1. The number of carbonyl (C=O) groups excluding carboxylic acids is 1. The van der Waals surface area contributed by atoms with E-state index in [1.165, 1.54) is 10.9 Å². The molecule has 1 aromatic heterocycles. The number of H-pyrrole nitrogens is 1. The van der Waals surface area contributed by atoms with Crippen LogP contribution in [-0.2, 0) is 16.0 Å². The maximum Gasteiger partial charge on any atom is 0.220 e. The minimum Gasteiger partial charge on any atom is -0.381 e. The summed E-state index contributed by atoms with van der Waals surface area (Å²) in [7, 11) is 0. The van der Waals surface area contributed by atoms with Crippen LogP contribution in [0.4, 0.5) is 0 Å². The third-order valence-corrected chi connectivity index (χ3v) is 3.91. The van der Waals surface area contributed by atoms with Crippen molar-refractivity contribution in [1.29, 1.82) is 0 Å². The van der Waals surface area contributed by atoms with Gasteiger partial charge in [0.25, 0.3) is 0 Å². The molecule has 106 valence electrons. The molecule has 2 heterocycles. The van der Waals surface area contributed by atoms with Crippen molar-refractivity contribution >= 4 is 16.8 Å². The zero-order chi connectivity index (χ0) is 13.8. The predicted octanol–water partition coefficient (Wildman–Crippen LogP) is 2.25. The van der Waals surface area contributed by atoms with Crippen LogP contribution in [0.25, 0.3) is 10.9 Å². The molecular weight excluding hydrogens is 252 g/mol. The molecule has 0 bridgehead atoms. The fraction of sp³-hybridized carbons (Fsp3) is 0.438. The number of para-hydroxylation sites is 1. The topological polar surface area (TPSA) is 54.1 Å². The van der Waals surface area contributed by atoms with Crippen LogP contribution in [0.1, 0.15) is 18.4 Å². The summed E-state index contributed by atoms with van der Waals surface area (Å²) in [5, 5.41) is 4.22. The molecule has 1 fully saturated rings. The Morgan fingerprint density at radius 1 is 1.40 bits per heavy atom. The molecule has 2 aromatic rings. The van der Waals surface area contributed by atoms with E-state index in [0.717, 1.165) is 38.1 Å². The largest absolute Gasteiger partial charge is 0.381 e. The Morgan fingerprint density at radius 2 is 2.30 bits per heavy atom. The van der Waals surface area contributed by atoms with Gasteiger partial charge in [-0.3, -0.25) is 4.79 Å². The standard InChI is InChI=1S/C16H20N2O2/c19-16(18-9-12-7-8-20-11-12)6-5-13-10-17-15-4-2-1-3-14(13)15/h1-4,10,12,17H,5-9,11H2,(H,18,19). The van der Waals surface area contributed by atoms with Crippen molar-refractivity contribution in [2.45, 2.75) is 19.3 Å². The van der Waals surface area contributed by atoms with Gasteiger partial charge in [-0.25, -0.2) is 0 Å². The van der Waals surface area contributed by atoms with Crippen molar-refractivity contribution < 1.29 is 9.53 Å². The SMILES string of the molecule is O=C(CCc1c[nH]c2ccccc12)NCC1CCOC1. The lowest BCUT2D eigenvalue weighted by Crippen LogP contribution is -2.29. The molecule has 1 atom stereocenters. The van der Waals surface area contributed by atoms with Crippen molar-refractivity contribution in [2.75, 3.05) is 19.8 Å². The van der Waals surface area contributed by atoms with Crippen LogP contribution in [0, 0.1) is 5.92 Å². The van der Waals surface area contributed by atoms with Crippen molar-refractivity contribution in [3.63, 3.8) is 0 Å². The zero-order valence-electron chi connectivity index (χ0n) is 11.5. The van der Waals surface area contributed by atoms with E-state index in [9.17, 15) is 4.79 Å². The monoisotopic (exact) mass is 272 g/mol. The number of hydrogen-bond acceptors (Lipinski definition) is 2. The van der Waals surface area contributed by atoms with E-state index in [-0.39, 0.29) is 5.91 Å². The Balaban J connectivity index is 1.49.